The first-order chi connectivity index (χ1) is 14.6. The summed E-state index contributed by atoms with van der Waals surface area (Å²) in [5.41, 5.74) is 2.30. The molecule has 0 saturated heterocycles. The van der Waals surface area contributed by atoms with Gasteiger partial charge < -0.3 is 5.11 Å². The maximum atomic E-state index is 12.8. The molecule has 30 heavy (non-hydrogen) atoms. The van der Waals surface area contributed by atoms with Crippen molar-refractivity contribution in [2.75, 3.05) is 0 Å². The second-order valence-corrected chi connectivity index (χ2v) is 9.32. The van der Waals surface area contributed by atoms with E-state index in [-0.39, 0.29) is 11.3 Å². The quantitative estimate of drug-likeness (QED) is 0.454. The van der Waals surface area contributed by atoms with Crippen LogP contribution in [0.25, 0.3) is 0 Å². The molecule has 2 heteroatoms. The van der Waals surface area contributed by atoms with Crippen molar-refractivity contribution >= 4 is 5.97 Å². The first-order valence-corrected chi connectivity index (χ1v) is 11.9. The molecule has 0 aromatic heterocycles. The molecule has 1 aliphatic carbocycles. The Morgan fingerprint density at radius 3 is 2.07 bits per heavy atom. The fourth-order valence-electron chi connectivity index (χ4n) is 6.04. The number of carbonyl (C=O) groups is 1. The van der Waals surface area contributed by atoms with E-state index < -0.39 is 5.97 Å². The molecule has 2 aromatic carbocycles. The van der Waals surface area contributed by atoms with Crippen LogP contribution >= 0.6 is 0 Å². The molecule has 0 spiro atoms. The zero-order chi connectivity index (χ0) is 21.4. The number of aryl methyl sites for hydroxylation is 1. The highest BCUT2D eigenvalue weighted by Gasteiger charge is 2.50. The zero-order valence-electron chi connectivity index (χ0n) is 18.7. The monoisotopic (exact) mass is 406 g/mol. The molecule has 3 rings (SSSR count). The summed E-state index contributed by atoms with van der Waals surface area (Å²) < 4.78 is 0. The van der Waals surface area contributed by atoms with Gasteiger partial charge in [0, 0.05) is 0 Å². The van der Waals surface area contributed by atoms with Crippen LogP contribution in [-0.2, 0) is 17.6 Å². The SMILES string of the molecule is CCC(C)C(CCc1ccccc1)(C1CCCCC1)C(Cc1ccccc1)C(=O)O. The van der Waals surface area contributed by atoms with Gasteiger partial charge in [-0.05, 0) is 60.5 Å². The fraction of sp³-hybridized carbons (Fsp3) is 0.536. The van der Waals surface area contributed by atoms with Gasteiger partial charge in [0.05, 0.1) is 5.92 Å². The van der Waals surface area contributed by atoms with Gasteiger partial charge in [-0.1, -0.05) is 100 Å². The number of carboxylic acids is 1. The lowest BCUT2D eigenvalue weighted by Gasteiger charge is -2.51. The number of hydrogen-bond donors (Lipinski definition) is 1. The molecule has 3 unspecified atom stereocenters. The summed E-state index contributed by atoms with van der Waals surface area (Å²) in [5.74, 6) is -0.0803. The van der Waals surface area contributed by atoms with E-state index in [4.69, 9.17) is 0 Å². The van der Waals surface area contributed by atoms with E-state index in [9.17, 15) is 9.90 Å². The van der Waals surface area contributed by atoms with Gasteiger partial charge >= 0.3 is 5.97 Å². The van der Waals surface area contributed by atoms with Crippen LogP contribution in [0.4, 0.5) is 0 Å². The summed E-state index contributed by atoms with van der Waals surface area (Å²) >= 11 is 0. The fourth-order valence-corrected chi connectivity index (χ4v) is 6.04. The topological polar surface area (TPSA) is 37.3 Å². The van der Waals surface area contributed by atoms with E-state index in [0.29, 0.717) is 18.3 Å². The Kier molecular flexibility index (Phi) is 8.13. The molecule has 2 nitrogen and oxygen atoms in total. The minimum Gasteiger partial charge on any atom is -0.481 e. The zero-order valence-corrected chi connectivity index (χ0v) is 18.7. The third-order valence-electron chi connectivity index (χ3n) is 7.81. The van der Waals surface area contributed by atoms with E-state index in [0.717, 1.165) is 24.8 Å². The van der Waals surface area contributed by atoms with Crippen LogP contribution in [0.15, 0.2) is 60.7 Å². The normalized spacial score (nSPS) is 19.0. The third kappa shape index (κ3) is 5.14. The van der Waals surface area contributed by atoms with Gasteiger partial charge in [0.25, 0.3) is 0 Å². The Hall–Kier alpha value is -2.09. The summed E-state index contributed by atoms with van der Waals surface area (Å²) in [7, 11) is 0. The Labute approximate surface area is 182 Å². The Balaban J connectivity index is 2.02. The first-order valence-electron chi connectivity index (χ1n) is 11.9. The number of aliphatic carboxylic acids is 1. The molecule has 0 radical (unpaired) electrons. The number of hydrogen-bond acceptors (Lipinski definition) is 1. The van der Waals surface area contributed by atoms with E-state index in [1.807, 2.05) is 18.2 Å². The van der Waals surface area contributed by atoms with Crippen LogP contribution in [0.2, 0.25) is 0 Å². The van der Waals surface area contributed by atoms with Crippen molar-refractivity contribution in [2.45, 2.75) is 71.6 Å². The van der Waals surface area contributed by atoms with Crippen molar-refractivity contribution in [3.05, 3.63) is 71.8 Å². The lowest BCUT2D eigenvalue weighted by molar-refractivity contribution is -0.153. The molecule has 2 aromatic rings. The molecule has 3 atom stereocenters. The largest absolute Gasteiger partial charge is 0.481 e. The van der Waals surface area contributed by atoms with E-state index in [2.05, 4.69) is 56.3 Å². The molecule has 1 N–H and O–H groups in total. The van der Waals surface area contributed by atoms with Gasteiger partial charge in [0.15, 0.2) is 0 Å². The average molecular weight is 407 g/mol. The third-order valence-corrected chi connectivity index (χ3v) is 7.81. The summed E-state index contributed by atoms with van der Waals surface area (Å²) in [4.78, 5) is 12.8. The molecule has 1 saturated carbocycles. The van der Waals surface area contributed by atoms with Gasteiger partial charge in [0.1, 0.15) is 0 Å². The van der Waals surface area contributed by atoms with Crippen molar-refractivity contribution in [2.24, 2.45) is 23.2 Å². The molecule has 0 heterocycles. The van der Waals surface area contributed by atoms with E-state index >= 15 is 0 Å². The summed E-state index contributed by atoms with van der Waals surface area (Å²) in [6, 6.07) is 20.9. The maximum absolute atomic E-state index is 12.8. The Morgan fingerprint density at radius 2 is 1.53 bits per heavy atom. The van der Waals surface area contributed by atoms with Gasteiger partial charge in [-0.3, -0.25) is 4.79 Å². The highest BCUT2D eigenvalue weighted by atomic mass is 16.4. The highest BCUT2D eigenvalue weighted by Crippen LogP contribution is 2.54. The van der Waals surface area contributed by atoms with E-state index in [1.165, 1.54) is 37.7 Å². The van der Waals surface area contributed by atoms with Crippen LogP contribution in [0.3, 0.4) is 0 Å². The molecule has 1 aliphatic rings. The lowest BCUT2D eigenvalue weighted by atomic mass is 9.53. The molecular weight excluding hydrogens is 368 g/mol. The first kappa shape index (κ1) is 22.6. The summed E-state index contributed by atoms with van der Waals surface area (Å²) in [6.07, 6.45) is 9.71. The van der Waals surface area contributed by atoms with Gasteiger partial charge in [-0.15, -0.1) is 0 Å². The smallest absolute Gasteiger partial charge is 0.307 e. The molecule has 0 amide bonds. The van der Waals surface area contributed by atoms with Crippen LogP contribution in [0, 0.1) is 23.2 Å². The van der Waals surface area contributed by atoms with Gasteiger partial charge in [-0.25, -0.2) is 0 Å². The van der Waals surface area contributed by atoms with Gasteiger partial charge in [0.2, 0.25) is 0 Å². The van der Waals surface area contributed by atoms with Crippen LogP contribution in [-0.4, -0.2) is 11.1 Å². The standard InChI is InChI=1S/C28H38O2/c1-3-22(2)28(25-17-11-6-12-18-25,20-19-23-13-7-4-8-14-23)26(27(29)30)21-24-15-9-5-10-16-24/h4-5,7-10,13-16,22,25-26H,3,6,11-12,17-21H2,1-2H3,(H,29,30). The maximum Gasteiger partial charge on any atom is 0.307 e. The molecule has 162 valence electrons. The van der Waals surface area contributed by atoms with Gasteiger partial charge in [-0.2, -0.15) is 0 Å². The van der Waals surface area contributed by atoms with Crippen molar-refractivity contribution in [3.8, 4) is 0 Å². The minimum absolute atomic E-state index is 0.174. The lowest BCUT2D eigenvalue weighted by Crippen LogP contribution is -2.48. The van der Waals surface area contributed by atoms with Crippen LogP contribution < -0.4 is 0 Å². The summed E-state index contributed by atoms with van der Waals surface area (Å²) in [6.45, 7) is 4.56. The minimum atomic E-state index is -0.613. The molecule has 0 aliphatic heterocycles. The highest BCUT2D eigenvalue weighted by molar-refractivity contribution is 5.71. The van der Waals surface area contributed by atoms with Crippen molar-refractivity contribution in [1.29, 1.82) is 0 Å². The summed E-state index contributed by atoms with van der Waals surface area (Å²) in [5, 5.41) is 10.5. The predicted molar refractivity (Wildman–Crippen MR) is 124 cm³/mol. The Bertz CT molecular complexity index is 764. The molecule has 0 bridgehead atoms. The Morgan fingerprint density at radius 1 is 0.967 bits per heavy atom. The predicted octanol–water partition coefficient (Wildman–Crippen LogP) is 7.18. The number of rotatable bonds is 10. The second-order valence-electron chi connectivity index (χ2n) is 9.32. The average Bonchev–Trinajstić information content (AvgIpc) is 2.80. The van der Waals surface area contributed by atoms with E-state index in [1.54, 1.807) is 0 Å². The molecular formula is C28H38O2. The van der Waals surface area contributed by atoms with Crippen LogP contribution in [0.1, 0.15) is 69.9 Å². The van der Waals surface area contributed by atoms with Crippen LogP contribution in [0.5, 0.6) is 0 Å². The second kappa shape index (κ2) is 10.8. The van der Waals surface area contributed by atoms with Crippen molar-refractivity contribution in [3.63, 3.8) is 0 Å². The van der Waals surface area contributed by atoms with Crippen molar-refractivity contribution in [1.82, 2.24) is 0 Å². The molecule has 1 fully saturated rings. The number of benzene rings is 2. The van der Waals surface area contributed by atoms with Crippen molar-refractivity contribution < 1.29 is 9.90 Å². The number of carboxylic acid groups (broad SMARTS) is 1.